The molecular formula is C6H5Cl3N2O. The molecule has 12 heavy (non-hydrogen) atoms. The fraction of sp³-hybridized carbons (Fsp3) is 0.333. The molecule has 1 rings (SSSR count). The molecule has 1 unspecified atom stereocenters. The van der Waals surface area contributed by atoms with E-state index in [1.807, 2.05) is 0 Å². The molecule has 0 bridgehead atoms. The number of hydrogen-bond acceptors (Lipinski definition) is 3. The molecule has 1 aromatic rings. The van der Waals surface area contributed by atoms with Crippen LogP contribution in [0, 0.1) is 0 Å². The number of aliphatic hydroxyl groups excluding tert-OH is 1. The van der Waals surface area contributed by atoms with Crippen molar-refractivity contribution in [2.45, 2.75) is 13.0 Å². The molecule has 0 aliphatic carbocycles. The van der Waals surface area contributed by atoms with Gasteiger partial charge in [0.15, 0.2) is 0 Å². The maximum absolute atomic E-state index is 9.18. The fourth-order valence-electron chi connectivity index (χ4n) is 0.737. The Kier molecular flexibility index (Phi) is 3.12. The zero-order valence-electron chi connectivity index (χ0n) is 6.05. The van der Waals surface area contributed by atoms with E-state index < -0.39 is 6.10 Å². The molecule has 1 atom stereocenters. The van der Waals surface area contributed by atoms with Crippen molar-refractivity contribution in [2.75, 3.05) is 0 Å². The van der Waals surface area contributed by atoms with Crippen LogP contribution in [-0.4, -0.2) is 15.1 Å². The van der Waals surface area contributed by atoms with Gasteiger partial charge in [-0.25, -0.2) is 9.97 Å². The van der Waals surface area contributed by atoms with Crippen molar-refractivity contribution < 1.29 is 5.11 Å². The lowest BCUT2D eigenvalue weighted by atomic mass is 10.2. The van der Waals surface area contributed by atoms with E-state index in [1.165, 1.54) is 6.92 Å². The number of halogens is 3. The lowest BCUT2D eigenvalue weighted by molar-refractivity contribution is 0.198. The first kappa shape index (κ1) is 9.99. The monoisotopic (exact) mass is 226 g/mol. The molecule has 0 aliphatic heterocycles. The van der Waals surface area contributed by atoms with Crippen LogP contribution in [0.5, 0.6) is 0 Å². The van der Waals surface area contributed by atoms with Crippen molar-refractivity contribution in [2.24, 2.45) is 0 Å². The maximum Gasteiger partial charge on any atom is 0.225 e. The van der Waals surface area contributed by atoms with Gasteiger partial charge in [0.05, 0.1) is 11.7 Å². The lowest BCUT2D eigenvalue weighted by Crippen LogP contribution is -1.98. The van der Waals surface area contributed by atoms with E-state index in [9.17, 15) is 5.11 Å². The Bertz CT molecular complexity index is 280. The highest BCUT2D eigenvalue weighted by molar-refractivity contribution is 6.36. The van der Waals surface area contributed by atoms with Gasteiger partial charge in [-0.1, -0.05) is 23.2 Å². The highest BCUT2D eigenvalue weighted by Crippen LogP contribution is 2.28. The van der Waals surface area contributed by atoms with E-state index in [2.05, 4.69) is 9.97 Å². The van der Waals surface area contributed by atoms with Gasteiger partial charge < -0.3 is 5.11 Å². The van der Waals surface area contributed by atoms with Crippen molar-refractivity contribution in [1.82, 2.24) is 9.97 Å². The Balaban J connectivity index is 3.28. The molecule has 0 spiro atoms. The van der Waals surface area contributed by atoms with Gasteiger partial charge in [-0.05, 0) is 18.5 Å². The molecule has 0 aromatic carbocycles. The minimum Gasteiger partial charge on any atom is -0.388 e. The van der Waals surface area contributed by atoms with Crippen molar-refractivity contribution >= 4 is 34.8 Å². The molecule has 66 valence electrons. The van der Waals surface area contributed by atoms with Gasteiger partial charge in [-0.15, -0.1) is 0 Å². The third-order valence-electron chi connectivity index (χ3n) is 1.24. The van der Waals surface area contributed by atoms with Gasteiger partial charge in [0.25, 0.3) is 0 Å². The maximum atomic E-state index is 9.18. The van der Waals surface area contributed by atoms with Crippen LogP contribution in [0.2, 0.25) is 15.6 Å². The smallest absolute Gasteiger partial charge is 0.225 e. The molecule has 0 radical (unpaired) electrons. The Hall–Kier alpha value is -0.0900. The topological polar surface area (TPSA) is 46.0 Å². The highest BCUT2D eigenvalue weighted by Gasteiger charge is 2.14. The molecule has 0 aliphatic rings. The highest BCUT2D eigenvalue weighted by atomic mass is 35.5. The summed E-state index contributed by atoms with van der Waals surface area (Å²) in [6, 6.07) is 0. The van der Waals surface area contributed by atoms with E-state index in [-0.39, 0.29) is 15.6 Å². The number of rotatable bonds is 1. The third-order valence-corrected chi connectivity index (χ3v) is 1.99. The Morgan fingerprint density at radius 2 is 1.58 bits per heavy atom. The van der Waals surface area contributed by atoms with Crippen LogP contribution in [0.15, 0.2) is 0 Å². The van der Waals surface area contributed by atoms with Crippen molar-refractivity contribution in [3.05, 3.63) is 21.2 Å². The average Bonchev–Trinajstić information content (AvgIpc) is 1.82. The van der Waals surface area contributed by atoms with Crippen LogP contribution in [0.25, 0.3) is 0 Å². The SMILES string of the molecule is CC(O)c1c(Cl)nc(Cl)nc1Cl. The summed E-state index contributed by atoms with van der Waals surface area (Å²) in [5, 5.41) is 9.31. The first-order chi connectivity index (χ1) is 5.52. The van der Waals surface area contributed by atoms with Gasteiger partial charge in [0.2, 0.25) is 5.28 Å². The normalized spacial score (nSPS) is 13.1. The molecule has 0 saturated carbocycles. The standard InChI is InChI=1S/C6H5Cl3N2O/c1-2(12)3-4(7)10-6(9)11-5(3)8/h2,12H,1H3. The molecule has 6 heteroatoms. The van der Waals surface area contributed by atoms with Crippen LogP contribution in [0.1, 0.15) is 18.6 Å². The quantitative estimate of drug-likeness (QED) is 0.592. The van der Waals surface area contributed by atoms with Crippen LogP contribution >= 0.6 is 34.8 Å². The van der Waals surface area contributed by atoms with Crippen LogP contribution in [-0.2, 0) is 0 Å². The van der Waals surface area contributed by atoms with Gasteiger partial charge in [-0.3, -0.25) is 0 Å². The second kappa shape index (κ2) is 3.75. The molecular weight excluding hydrogens is 222 g/mol. The average molecular weight is 227 g/mol. The van der Waals surface area contributed by atoms with E-state index in [0.29, 0.717) is 5.56 Å². The third kappa shape index (κ3) is 1.98. The second-order valence-electron chi connectivity index (χ2n) is 2.16. The summed E-state index contributed by atoms with van der Waals surface area (Å²) >= 11 is 16.8. The zero-order chi connectivity index (χ0) is 9.30. The fourth-order valence-corrected chi connectivity index (χ4v) is 1.70. The van der Waals surface area contributed by atoms with Crippen LogP contribution in [0.4, 0.5) is 0 Å². The largest absolute Gasteiger partial charge is 0.388 e. The van der Waals surface area contributed by atoms with E-state index >= 15 is 0 Å². The molecule has 0 saturated heterocycles. The first-order valence-corrected chi connectivity index (χ1v) is 4.22. The van der Waals surface area contributed by atoms with Crippen molar-refractivity contribution in [3.8, 4) is 0 Å². The molecule has 0 amide bonds. The van der Waals surface area contributed by atoms with Crippen LogP contribution in [0.3, 0.4) is 0 Å². The van der Waals surface area contributed by atoms with E-state index in [4.69, 9.17) is 34.8 Å². The Morgan fingerprint density at radius 1 is 1.17 bits per heavy atom. The summed E-state index contributed by atoms with van der Waals surface area (Å²) in [7, 11) is 0. The number of aliphatic hydroxyl groups is 1. The Morgan fingerprint density at radius 3 is 1.92 bits per heavy atom. The summed E-state index contributed by atoms with van der Waals surface area (Å²) in [4.78, 5) is 7.26. The zero-order valence-corrected chi connectivity index (χ0v) is 8.32. The minimum atomic E-state index is -0.803. The molecule has 1 aromatic heterocycles. The Labute approximate surface area is 84.3 Å². The molecule has 1 N–H and O–H groups in total. The predicted octanol–water partition coefficient (Wildman–Crippen LogP) is 2.49. The number of aromatic nitrogens is 2. The molecule has 0 fully saturated rings. The van der Waals surface area contributed by atoms with Gasteiger partial charge in [0.1, 0.15) is 10.3 Å². The number of hydrogen-bond donors (Lipinski definition) is 1. The summed E-state index contributed by atoms with van der Waals surface area (Å²) in [6.07, 6.45) is -0.803. The summed E-state index contributed by atoms with van der Waals surface area (Å²) in [5.74, 6) is 0. The summed E-state index contributed by atoms with van der Waals surface area (Å²) < 4.78 is 0. The van der Waals surface area contributed by atoms with E-state index in [1.54, 1.807) is 0 Å². The van der Waals surface area contributed by atoms with Crippen molar-refractivity contribution in [3.63, 3.8) is 0 Å². The first-order valence-electron chi connectivity index (χ1n) is 3.09. The second-order valence-corrected chi connectivity index (χ2v) is 3.22. The predicted molar refractivity (Wildman–Crippen MR) is 47.7 cm³/mol. The summed E-state index contributed by atoms with van der Waals surface area (Å²) in [5.41, 5.74) is 0.294. The van der Waals surface area contributed by atoms with E-state index in [0.717, 1.165) is 0 Å². The minimum absolute atomic E-state index is 0.0330. The molecule has 1 heterocycles. The van der Waals surface area contributed by atoms with Gasteiger partial charge in [0, 0.05) is 0 Å². The lowest BCUT2D eigenvalue weighted by Gasteiger charge is -2.07. The molecule has 3 nitrogen and oxygen atoms in total. The summed E-state index contributed by atoms with van der Waals surface area (Å²) in [6.45, 7) is 1.52. The van der Waals surface area contributed by atoms with Gasteiger partial charge in [-0.2, -0.15) is 0 Å². The van der Waals surface area contributed by atoms with Gasteiger partial charge >= 0.3 is 0 Å². The number of nitrogens with zero attached hydrogens (tertiary/aromatic N) is 2. The van der Waals surface area contributed by atoms with Crippen LogP contribution < -0.4 is 0 Å². The van der Waals surface area contributed by atoms with Crippen molar-refractivity contribution in [1.29, 1.82) is 0 Å².